The number of carbonyl (C=O) groups excluding carboxylic acids is 2. The van der Waals surface area contributed by atoms with Gasteiger partial charge in [-0.15, -0.1) is 0 Å². The standard InChI is InChI=1S/C12H18O4/c1-7(13)15-6-11-9-3-4-10(5-9)12(11)16-8(2)14/h9-12H,3-6H2,1-2H3/t9-,10+,11-,12+/m0/s1. The van der Waals surface area contributed by atoms with Crippen LogP contribution in [0, 0.1) is 17.8 Å². The molecule has 0 heterocycles. The minimum atomic E-state index is -0.260. The summed E-state index contributed by atoms with van der Waals surface area (Å²) in [5, 5.41) is 0. The average Bonchev–Trinajstić information content (AvgIpc) is 2.74. The monoisotopic (exact) mass is 226 g/mol. The molecule has 2 rings (SSSR count). The Bertz CT molecular complexity index is 299. The highest BCUT2D eigenvalue weighted by atomic mass is 16.6. The molecule has 0 amide bonds. The lowest BCUT2D eigenvalue weighted by Gasteiger charge is -2.29. The van der Waals surface area contributed by atoms with Crippen molar-refractivity contribution in [3.05, 3.63) is 0 Å². The van der Waals surface area contributed by atoms with E-state index in [1.165, 1.54) is 20.3 Å². The number of esters is 2. The Kier molecular flexibility index (Phi) is 3.17. The van der Waals surface area contributed by atoms with E-state index in [4.69, 9.17) is 9.47 Å². The van der Waals surface area contributed by atoms with E-state index in [1.54, 1.807) is 0 Å². The summed E-state index contributed by atoms with van der Waals surface area (Å²) in [6, 6.07) is 0. The summed E-state index contributed by atoms with van der Waals surface area (Å²) in [5.74, 6) is 0.768. The van der Waals surface area contributed by atoms with Gasteiger partial charge in [0, 0.05) is 19.8 Å². The summed E-state index contributed by atoms with van der Waals surface area (Å²) >= 11 is 0. The molecule has 2 fully saturated rings. The normalized spacial score (nSPS) is 36.1. The number of ether oxygens (including phenoxy) is 2. The zero-order chi connectivity index (χ0) is 11.7. The van der Waals surface area contributed by atoms with Gasteiger partial charge in [-0.05, 0) is 31.1 Å². The van der Waals surface area contributed by atoms with Crippen LogP contribution >= 0.6 is 0 Å². The molecular weight excluding hydrogens is 208 g/mol. The van der Waals surface area contributed by atoms with Gasteiger partial charge in [-0.2, -0.15) is 0 Å². The van der Waals surface area contributed by atoms with Crippen LogP contribution < -0.4 is 0 Å². The van der Waals surface area contributed by atoms with E-state index >= 15 is 0 Å². The first-order chi connectivity index (χ1) is 7.58. The van der Waals surface area contributed by atoms with Gasteiger partial charge in [0.05, 0.1) is 6.61 Å². The summed E-state index contributed by atoms with van der Waals surface area (Å²) in [4.78, 5) is 21.8. The van der Waals surface area contributed by atoms with Crippen molar-refractivity contribution < 1.29 is 19.1 Å². The number of hydrogen-bond donors (Lipinski definition) is 0. The van der Waals surface area contributed by atoms with Crippen molar-refractivity contribution in [1.29, 1.82) is 0 Å². The molecule has 0 aromatic heterocycles. The van der Waals surface area contributed by atoms with Crippen molar-refractivity contribution in [2.24, 2.45) is 17.8 Å². The first kappa shape index (κ1) is 11.4. The molecule has 2 aliphatic rings. The summed E-state index contributed by atoms with van der Waals surface area (Å²) < 4.78 is 10.4. The van der Waals surface area contributed by atoms with E-state index in [-0.39, 0.29) is 24.0 Å². The van der Waals surface area contributed by atoms with Gasteiger partial charge < -0.3 is 9.47 Å². The predicted molar refractivity (Wildman–Crippen MR) is 56.5 cm³/mol. The third kappa shape index (κ3) is 2.20. The van der Waals surface area contributed by atoms with Crippen LogP contribution in [0.15, 0.2) is 0 Å². The molecule has 2 bridgehead atoms. The van der Waals surface area contributed by atoms with E-state index in [0.29, 0.717) is 18.4 Å². The van der Waals surface area contributed by atoms with Crippen LogP contribution in [0.25, 0.3) is 0 Å². The van der Waals surface area contributed by atoms with Crippen molar-refractivity contribution in [3.8, 4) is 0 Å². The smallest absolute Gasteiger partial charge is 0.302 e. The van der Waals surface area contributed by atoms with Crippen molar-refractivity contribution in [3.63, 3.8) is 0 Å². The van der Waals surface area contributed by atoms with Crippen molar-refractivity contribution in [1.82, 2.24) is 0 Å². The van der Waals surface area contributed by atoms with Crippen LogP contribution in [0.4, 0.5) is 0 Å². The Morgan fingerprint density at radius 2 is 1.81 bits per heavy atom. The van der Waals surface area contributed by atoms with Gasteiger partial charge in [0.15, 0.2) is 0 Å². The van der Waals surface area contributed by atoms with Gasteiger partial charge in [-0.1, -0.05) is 0 Å². The summed E-state index contributed by atoms with van der Waals surface area (Å²) in [6.07, 6.45) is 3.40. The fraction of sp³-hybridized carbons (Fsp3) is 0.833. The Balaban J connectivity index is 1.97. The SMILES string of the molecule is CC(=O)OC[C@H]1[C@H]2CC[C@H](C2)[C@H]1OC(C)=O. The zero-order valence-corrected chi connectivity index (χ0v) is 9.77. The van der Waals surface area contributed by atoms with Gasteiger partial charge >= 0.3 is 11.9 Å². The Morgan fingerprint density at radius 1 is 1.12 bits per heavy atom. The molecule has 4 heteroatoms. The van der Waals surface area contributed by atoms with Crippen LogP contribution in [0.5, 0.6) is 0 Å². The molecule has 0 aromatic carbocycles. The number of carbonyl (C=O) groups is 2. The van der Waals surface area contributed by atoms with Gasteiger partial charge in [0.2, 0.25) is 0 Å². The second kappa shape index (κ2) is 4.44. The van der Waals surface area contributed by atoms with Crippen LogP contribution in [-0.2, 0) is 19.1 Å². The van der Waals surface area contributed by atoms with Crippen molar-refractivity contribution in [2.75, 3.05) is 6.61 Å². The van der Waals surface area contributed by atoms with Crippen LogP contribution in [0.3, 0.4) is 0 Å². The predicted octanol–water partition coefficient (Wildman–Crippen LogP) is 1.53. The molecule has 2 saturated carbocycles. The average molecular weight is 226 g/mol. The van der Waals surface area contributed by atoms with E-state index in [1.807, 2.05) is 0 Å². The molecule has 0 unspecified atom stereocenters. The minimum Gasteiger partial charge on any atom is -0.465 e. The first-order valence-electron chi connectivity index (χ1n) is 5.88. The maximum Gasteiger partial charge on any atom is 0.302 e. The number of fused-ring (bicyclic) bond motifs is 2. The number of rotatable bonds is 3. The van der Waals surface area contributed by atoms with Crippen LogP contribution in [0.1, 0.15) is 33.1 Å². The summed E-state index contributed by atoms with van der Waals surface area (Å²) in [7, 11) is 0. The van der Waals surface area contributed by atoms with E-state index < -0.39 is 0 Å². The minimum absolute atomic E-state index is 0.0319. The molecule has 2 aliphatic carbocycles. The van der Waals surface area contributed by atoms with Gasteiger partial charge in [0.1, 0.15) is 6.10 Å². The molecule has 90 valence electrons. The highest BCUT2D eigenvalue weighted by molar-refractivity contribution is 5.66. The quantitative estimate of drug-likeness (QED) is 0.685. The van der Waals surface area contributed by atoms with Crippen LogP contribution in [-0.4, -0.2) is 24.6 Å². The Labute approximate surface area is 95.3 Å². The molecule has 0 aromatic rings. The Hall–Kier alpha value is -1.06. The lowest BCUT2D eigenvalue weighted by atomic mass is 9.87. The lowest BCUT2D eigenvalue weighted by molar-refractivity contribution is -0.155. The molecule has 0 radical (unpaired) electrons. The number of hydrogen-bond acceptors (Lipinski definition) is 4. The second-order valence-electron chi connectivity index (χ2n) is 4.87. The highest BCUT2D eigenvalue weighted by Crippen LogP contribution is 2.49. The fourth-order valence-corrected chi connectivity index (χ4v) is 3.18. The van der Waals surface area contributed by atoms with E-state index in [9.17, 15) is 9.59 Å². The third-order valence-electron chi connectivity index (χ3n) is 3.79. The van der Waals surface area contributed by atoms with Gasteiger partial charge in [-0.25, -0.2) is 0 Å². The highest BCUT2D eigenvalue weighted by Gasteiger charge is 2.49. The Morgan fingerprint density at radius 3 is 2.44 bits per heavy atom. The molecule has 4 atom stereocenters. The summed E-state index contributed by atoms with van der Waals surface area (Å²) in [5.41, 5.74) is 0. The van der Waals surface area contributed by atoms with E-state index in [2.05, 4.69) is 0 Å². The van der Waals surface area contributed by atoms with Gasteiger partial charge in [-0.3, -0.25) is 9.59 Å². The maximum absolute atomic E-state index is 11.0. The molecule has 0 saturated heterocycles. The van der Waals surface area contributed by atoms with Crippen molar-refractivity contribution in [2.45, 2.75) is 39.2 Å². The zero-order valence-electron chi connectivity index (χ0n) is 9.77. The molecule has 16 heavy (non-hydrogen) atoms. The summed E-state index contributed by atoms with van der Waals surface area (Å²) in [6.45, 7) is 3.25. The molecular formula is C12H18O4. The van der Waals surface area contributed by atoms with Crippen LogP contribution in [0.2, 0.25) is 0 Å². The maximum atomic E-state index is 11.0. The van der Waals surface area contributed by atoms with E-state index in [0.717, 1.165) is 12.8 Å². The molecule has 0 spiro atoms. The van der Waals surface area contributed by atoms with Crippen molar-refractivity contribution >= 4 is 11.9 Å². The largest absolute Gasteiger partial charge is 0.465 e. The van der Waals surface area contributed by atoms with Gasteiger partial charge in [0.25, 0.3) is 0 Å². The molecule has 0 N–H and O–H groups in total. The third-order valence-corrected chi connectivity index (χ3v) is 3.79. The molecule has 4 nitrogen and oxygen atoms in total. The lowest BCUT2D eigenvalue weighted by Crippen LogP contribution is -2.35. The molecule has 0 aliphatic heterocycles. The second-order valence-corrected chi connectivity index (χ2v) is 4.87. The first-order valence-corrected chi connectivity index (χ1v) is 5.88. The topological polar surface area (TPSA) is 52.6 Å². The fourth-order valence-electron chi connectivity index (χ4n) is 3.18.